The molecule has 0 aromatic heterocycles. The zero-order valence-electron chi connectivity index (χ0n) is 12.2. The first-order valence-corrected chi connectivity index (χ1v) is 6.76. The standard InChI is InChI=1S/C13H23N3O4/c1-13(2,3)10(11(18)19)16-12(20)14-7-6-9(17)15-8-4-5-8/h8,10H,4-7H2,1-3H3,(H,15,17)(H,18,19)(H2,14,16,20). The van der Waals surface area contributed by atoms with Gasteiger partial charge in [-0.25, -0.2) is 9.59 Å². The molecule has 3 amide bonds. The number of rotatable bonds is 6. The molecule has 1 aliphatic carbocycles. The van der Waals surface area contributed by atoms with Crippen LogP contribution in [0.25, 0.3) is 0 Å². The molecular formula is C13H23N3O4. The lowest BCUT2D eigenvalue weighted by molar-refractivity contribution is -0.141. The lowest BCUT2D eigenvalue weighted by atomic mass is 9.87. The van der Waals surface area contributed by atoms with Crippen LogP contribution in [0.4, 0.5) is 4.79 Å². The van der Waals surface area contributed by atoms with Crippen molar-refractivity contribution in [2.24, 2.45) is 5.41 Å². The molecule has 0 radical (unpaired) electrons. The van der Waals surface area contributed by atoms with Gasteiger partial charge in [0.2, 0.25) is 5.91 Å². The molecule has 1 fully saturated rings. The SMILES string of the molecule is CC(C)(C)C(NC(=O)NCCC(=O)NC1CC1)C(=O)O. The molecule has 1 rings (SSSR count). The van der Waals surface area contributed by atoms with Crippen molar-refractivity contribution in [3.05, 3.63) is 0 Å². The summed E-state index contributed by atoms with van der Waals surface area (Å²) in [6.45, 7) is 5.38. The molecule has 1 saturated carbocycles. The molecule has 7 nitrogen and oxygen atoms in total. The second-order valence-corrected chi connectivity index (χ2v) is 6.13. The number of aliphatic carboxylic acids is 1. The van der Waals surface area contributed by atoms with Gasteiger partial charge in [-0.05, 0) is 18.3 Å². The van der Waals surface area contributed by atoms with Crippen LogP contribution in [-0.4, -0.2) is 41.6 Å². The lowest BCUT2D eigenvalue weighted by Crippen LogP contribution is -2.52. The van der Waals surface area contributed by atoms with Crippen molar-refractivity contribution in [2.45, 2.75) is 52.1 Å². The van der Waals surface area contributed by atoms with E-state index >= 15 is 0 Å². The van der Waals surface area contributed by atoms with Crippen molar-refractivity contribution in [3.63, 3.8) is 0 Å². The van der Waals surface area contributed by atoms with Crippen LogP contribution in [0.2, 0.25) is 0 Å². The quantitative estimate of drug-likeness (QED) is 0.568. The molecule has 0 aromatic carbocycles. The monoisotopic (exact) mass is 285 g/mol. The summed E-state index contributed by atoms with van der Waals surface area (Å²) in [5.74, 6) is -1.18. The summed E-state index contributed by atoms with van der Waals surface area (Å²) in [6.07, 6.45) is 2.23. The van der Waals surface area contributed by atoms with Crippen molar-refractivity contribution < 1.29 is 19.5 Å². The zero-order valence-corrected chi connectivity index (χ0v) is 12.2. The summed E-state index contributed by atoms with van der Waals surface area (Å²) in [6, 6.07) is -1.26. The van der Waals surface area contributed by atoms with Crippen molar-refractivity contribution in [1.82, 2.24) is 16.0 Å². The van der Waals surface area contributed by atoms with Crippen molar-refractivity contribution in [1.29, 1.82) is 0 Å². The number of amides is 3. The van der Waals surface area contributed by atoms with E-state index in [-0.39, 0.29) is 18.9 Å². The van der Waals surface area contributed by atoms with Crippen LogP contribution in [-0.2, 0) is 9.59 Å². The Morgan fingerprint density at radius 3 is 2.30 bits per heavy atom. The van der Waals surface area contributed by atoms with Crippen molar-refractivity contribution in [2.75, 3.05) is 6.54 Å². The summed E-state index contributed by atoms with van der Waals surface area (Å²) in [5.41, 5.74) is -0.591. The number of hydrogen-bond donors (Lipinski definition) is 4. The van der Waals surface area contributed by atoms with Gasteiger partial charge in [-0.1, -0.05) is 20.8 Å². The summed E-state index contributed by atoms with van der Waals surface area (Å²) in [5, 5.41) is 16.8. The van der Waals surface area contributed by atoms with E-state index in [1.807, 2.05) is 0 Å². The Labute approximate surface area is 118 Å². The molecule has 0 aromatic rings. The predicted molar refractivity (Wildman–Crippen MR) is 73.2 cm³/mol. The number of carbonyl (C=O) groups is 3. The first kappa shape index (κ1) is 16.3. The highest BCUT2D eigenvalue weighted by Gasteiger charge is 2.32. The predicted octanol–water partition coefficient (Wildman–Crippen LogP) is 0.454. The zero-order chi connectivity index (χ0) is 15.3. The van der Waals surface area contributed by atoms with E-state index in [1.54, 1.807) is 20.8 Å². The Morgan fingerprint density at radius 2 is 1.85 bits per heavy atom. The summed E-state index contributed by atoms with van der Waals surface area (Å²) in [4.78, 5) is 34.1. The highest BCUT2D eigenvalue weighted by Crippen LogP contribution is 2.19. The van der Waals surface area contributed by atoms with E-state index in [2.05, 4.69) is 16.0 Å². The fourth-order valence-electron chi connectivity index (χ4n) is 1.65. The fraction of sp³-hybridized carbons (Fsp3) is 0.769. The summed E-state index contributed by atoms with van der Waals surface area (Å²) >= 11 is 0. The Kier molecular flexibility index (Phi) is 5.35. The van der Waals surface area contributed by atoms with Crippen LogP contribution in [0.15, 0.2) is 0 Å². The molecule has 4 N–H and O–H groups in total. The molecule has 114 valence electrons. The lowest BCUT2D eigenvalue weighted by Gasteiger charge is -2.27. The molecule has 0 bridgehead atoms. The maximum Gasteiger partial charge on any atom is 0.326 e. The van der Waals surface area contributed by atoms with Crippen LogP contribution in [0.3, 0.4) is 0 Å². The topological polar surface area (TPSA) is 108 Å². The van der Waals surface area contributed by atoms with Crippen molar-refractivity contribution >= 4 is 17.9 Å². The molecule has 1 unspecified atom stereocenters. The summed E-state index contributed by atoms with van der Waals surface area (Å²) < 4.78 is 0. The number of nitrogens with one attached hydrogen (secondary N) is 3. The Hall–Kier alpha value is -1.79. The highest BCUT2D eigenvalue weighted by atomic mass is 16.4. The Bertz CT molecular complexity index is 386. The number of carboxylic acid groups (broad SMARTS) is 1. The number of carboxylic acids is 1. The van der Waals surface area contributed by atoms with E-state index in [4.69, 9.17) is 5.11 Å². The third-order valence-electron chi connectivity index (χ3n) is 2.97. The van der Waals surface area contributed by atoms with E-state index in [0.717, 1.165) is 12.8 Å². The summed E-state index contributed by atoms with van der Waals surface area (Å²) in [7, 11) is 0. The van der Waals surface area contributed by atoms with Gasteiger partial charge in [0, 0.05) is 19.0 Å². The number of urea groups is 1. The average molecular weight is 285 g/mol. The van der Waals surface area contributed by atoms with Gasteiger partial charge >= 0.3 is 12.0 Å². The van der Waals surface area contributed by atoms with Crippen LogP contribution in [0.1, 0.15) is 40.0 Å². The van der Waals surface area contributed by atoms with Crippen molar-refractivity contribution in [3.8, 4) is 0 Å². The van der Waals surface area contributed by atoms with Gasteiger partial charge in [-0.2, -0.15) is 0 Å². The largest absolute Gasteiger partial charge is 0.480 e. The van der Waals surface area contributed by atoms with Gasteiger partial charge in [-0.3, -0.25) is 4.79 Å². The molecule has 0 heterocycles. The van der Waals surface area contributed by atoms with Gasteiger partial charge in [-0.15, -0.1) is 0 Å². The molecule has 0 spiro atoms. The smallest absolute Gasteiger partial charge is 0.326 e. The molecule has 0 aliphatic heterocycles. The molecular weight excluding hydrogens is 262 g/mol. The number of hydrogen-bond acceptors (Lipinski definition) is 3. The minimum absolute atomic E-state index is 0.0987. The minimum atomic E-state index is -1.08. The van der Waals surface area contributed by atoms with Crippen LogP contribution >= 0.6 is 0 Å². The average Bonchev–Trinajstić information content (AvgIpc) is 3.07. The van der Waals surface area contributed by atoms with Gasteiger partial charge in [0.25, 0.3) is 0 Å². The first-order chi connectivity index (χ1) is 9.20. The molecule has 20 heavy (non-hydrogen) atoms. The second-order valence-electron chi connectivity index (χ2n) is 6.13. The Morgan fingerprint density at radius 1 is 1.25 bits per heavy atom. The highest BCUT2D eigenvalue weighted by molar-refractivity contribution is 5.83. The first-order valence-electron chi connectivity index (χ1n) is 6.76. The molecule has 1 aliphatic rings. The van der Waals surface area contributed by atoms with E-state index < -0.39 is 23.5 Å². The fourth-order valence-corrected chi connectivity index (χ4v) is 1.65. The maximum absolute atomic E-state index is 11.6. The maximum atomic E-state index is 11.6. The molecule has 7 heteroatoms. The third kappa shape index (κ3) is 5.90. The van der Waals surface area contributed by atoms with Crippen LogP contribution < -0.4 is 16.0 Å². The second kappa shape index (κ2) is 6.58. The van der Waals surface area contributed by atoms with Gasteiger partial charge in [0.05, 0.1) is 0 Å². The number of carbonyl (C=O) groups excluding carboxylic acids is 2. The van der Waals surface area contributed by atoms with Crippen LogP contribution in [0.5, 0.6) is 0 Å². The minimum Gasteiger partial charge on any atom is -0.480 e. The molecule has 1 atom stereocenters. The normalized spacial score (nSPS) is 16.1. The van der Waals surface area contributed by atoms with Gasteiger partial charge < -0.3 is 21.1 Å². The van der Waals surface area contributed by atoms with E-state index in [0.29, 0.717) is 6.04 Å². The Balaban J connectivity index is 2.27. The van der Waals surface area contributed by atoms with Gasteiger partial charge in [0.1, 0.15) is 6.04 Å². The third-order valence-corrected chi connectivity index (χ3v) is 2.97. The molecule has 0 saturated heterocycles. The van der Waals surface area contributed by atoms with E-state index in [9.17, 15) is 14.4 Å². The van der Waals surface area contributed by atoms with E-state index in [1.165, 1.54) is 0 Å². The van der Waals surface area contributed by atoms with Gasteiger partial charge in [0.15, 0.2) is 0 Å². The van der Waals surface area contributed by atoms with Crippen LogP contribution in [0, 0.1) is 5.41 Å².